The lowest BCUT2D eigenvalue weighted by Crippen LogP contribution is -2.49. The average molecular weight is 264 g/mol. The summed E-state index contributed by atoms with van der Waals surface area (Å²) in [6.07, 6.45) is 0. The van der Waals surface area contributed by atoms with Crippen LogP contribution in [0.1, 0.15) is 15.9 Å². The Balaban J connectivity index is 2.12. The predicted molar refractivity (Wildman–Crippen MR) is 67.6 cm³/mol. The Bertz CT molecular complexity index is 489. The number of carbonyl (C=O) groups excluding carboxylic acids is 1. The third-order valence-electron chi connectivity index (χ3n) is 3.12. The maximum Gasteiger partial charge on any atom is 0.323 e. The Hall–Kier alpha value is -1.92. The van der Waals surface area contributed by atoms with Gasteiger partial charge in [-0.3, -0.25) is 14.5 Å². The van der Waals surface area contributed by atoms with E-state index in [9.17, 15) is 9.59 Å². The molecule has 1 atom stereocenters. The predicted octanol–water partition coefficient (Wildman–Crippen LogP) is 0.0709. The standard InChI is InChI=1S/C13H16N2O4/c14-12(16)10-3-1-2-9(6-10)7-15-4-5-19-8-11(15)13(17)18/h1-3,6,11H,4-5,7-8H2,(H2,14,16)(H,17,18). The molecule has 0 bridgehead atoms. The van der Waals surface area contributed by atoms with E-state index in [0.29, 0.717) is 25.3 Å². The van der Waals surface area contributed by atoms with Gasteiger partial charge in [-0.25, -0.2) is 0 Å². The minimum atomic E-state index is -0.897. The summed E-state index contributed by atoms with van der Waals surface area (Å²) in [7, 11) is 0. The molecule has 1 fully saturated rings. The van der Waals surface area contributed by atoms with Crippen molar-refractivity contribution in [3.05, 3.63) is 35.4 Å². The van der Waals surface area contributed by atoms with Crippen molar-refractivity contribution >= 4 is 11.9 Å². The van der Waals surface area contributed by atoms with E-state index in [-0.39, 0.29) is 6.61 Å². The summed E-state index contributed by atoms with van der Waals surface area (Å²) in [4.78, 5) is 24.1. The fourth-order valence-electron chi connectivity index (χ4n) is 2.11. The number of hydrogen-bond donors (Lipinski definition) is 2. The van der Waals surface area contributed by atoms with Crippen LogP contribution in [0, 0.1) is 0 Å². The highest BCUT2D eigenvalue weighted by atomic mass is 16.5. The van der Waals surface area contributed by atoms with Crippen molar-refractivity contribution in [3.63, 3.8) is 0 Å². The molecule has 1 aliphatic heterocycles. The largest absolute Gasteiger partial charge is 0.480 e. The monoisotopic (exact) mass is 264 g/mol. The van der Waals surface area contributed by atoms with E-state index >= 15 is 0 Å². The van der Waals surface area contributed by atoms with Crippen molar-refractivity contribution in [2.75, 3.05) is 19.8 Å². The van der Waals surface area contributed by atoms with Gasteiger partial charge in [-0.05, 0) is 17.7 Å². The third kappa shape index (κ3) is 3.30. The molecule has 6 nitrogen and oxygen atoms in total. The van der Waals surface area contributed by atoms with Crippen molar-refractivity contribution in [2.24, 2.45) is 5.73 Å². The lowest BCUT2D eigenvalue weighted by Gasteiger charge is -2.32. The van der Waals surface area contributed by atoms with E-state index in [1.165, 1.54) is 0 Å². The molecule has 1 heterocycles. The number of nitrogens with two attached hydrogens (primary N) is 1. The van der Waals surface area contributed by atoms with Gasteiger partial charge in [0.2, 0.25) is 5.91 Å². The Morgan fingerprint density at radius 2 is 2.26 bits per heavy atom. The second-order valence-corrected chi connectivity index (χ2v) is 4.46. The summed E-state index contributed by atoms with van der Waals surface area (Å²) in [6, 6.07) is 6.27. The smallest absolute Gasteiger partial charge is 0.323 e. The molecule has 1 amide bonds. The zero-order valence-corrected chi connectivity index (χ0v) is 10.4. The van der Waals surface area contributed by atoms with Crippen LogP contribution < -0.4 is 5.73 Å². The summed E-state index contributed by atoms with van der Waals surface area (Å²) in [5.41, 5.74) is 6.52. The van der Waals surface area contributed by atoms with Gasteiger partial charge >= 0.3 is 5.97 Å². The van der Waals surface area contributed by atoms with E-state index in [1.54, 1.807) is 18.2 Å². The molecule has 6 heteroatoms. The highest BCUT2D eigenvalue weighted by Gasteiger charge is 2.29. The SMILES string of the molecule is NC(=O)c1cccc(CN2CCOCC2C(=O)O)c1. The highest BCUT2D eigenvalue weighted by Crippen LogP contribution is 2.14. The maximum atomic E-state index is 11.1. The maximum absolute atomic E-state index is 11.1. The van der Waals surface area contributed by atoms with Crippen LogP contribution in [0.3, 0.4) is 0 Å². The average Bonchev–Trinajstić information content (AvgIpc) is 2.39. The van der Waals surface area contributed by atoms with Crippen LogP contribution in [0.2, 0.25) is 0 Å². The summed E-state index contributed by atoms with van der Waals surface area (Å²) < 4.78 is 5.18. The van der Waals surface area contributed by atoms with Crippen LogP contribution in [0.5, 0.6) is 0 Å². The number of amides is 1. The number of benzene rings is 1. The lowest BCUT2D eigenvalue weighted by molar-refractivity contribution is -0.150. The number of nitrogens with zero attached hydrogens (tertiary/aromatic N) is 1. The minimum Gasteiger partial charge on any atom is -0.480 e. The summed E-state index contributed by atoms with van der Waals surface area (Å²) in [6.45, 7) is 1.71. The lowest BCUT2D eigenvalue weighted by atomic mass is 10.1. The van der Waals surface area contributed by atoms with E-state index in [2.05, 4.69) is 0 Å². The van der Waals surface area contributed by atoms with Crippen molar-refractivity contribution < 1.29 is 19.4 Å². The Labute approximate surface area is 110 Å². The fraction of sp³-hybridized carbons (Fsp3) is 0.385. The second kappa shape index (κ2) is 5.81. The van der Waals surface area contributed by atoms with Crippen LogP contribution >= 0.6 is 0 Å². The van der Waals surface area contributed by atoms with Crippen LogP contribution in [0.25, 0.3) is 0 Å². The zero-order chi connectivity index (χ0) is 13.8. The van der Waals surface area contributed by atoms with Crippen LogP contribution in [0.4, 0.5) is 0 Å². The van der Waals surface area contributed by atoms with Gasteiger partial charge in [-0.1, -0.05) is 12.1 Å². The molecule has 1 aliphatic rings. The second-order valence-electron chi connectivity index (χ2n) is 4.46. The molecule has 1 aromatic carbocycles. The van der Waals surface area contributed by atoms with E-state index < -0.39 is 17.9 Å². The highest BCUT2D eigenvalue weighted by molar-refractivity contribution is 5.92. The first kappa shape index (κ1) is 13.5. The van der Waals surface area contributed by atoms with Gasteiger partial charge in [-0.2, -0.15) is 0 Å². The van der Waals surface area contributed by atoms with Crippen LogP contribution in [-0.2, 0) is 16.1 Å². The molecule has 0 aromatic heterocycles. The van der Waals surface area contributed by atoms with E-state index in [0.717, 1.165) is 5.56 Å². The van der Waals surface area contributed by atoms with Gasteiger partial charge in [0.15, 0.2) is 0 Å². The third-order valence-corrected chi connectivity index (χ3v) is 3.12. The molecule has 19 heavy (non-hydrogen) atoms. The number of primary amides is 1. The van der Waals surface area contributed by atoms with Gasteiger partial charge in [-0.15, -0.1) is 0 Å². The summed E-state index contributed by atoms with van der Waals surface area (Å²) in [5.74, 6) is -1.38. The quantitative estimate of drug-likeness (QED) is 0.802. The minimum absolute atomic E-state index is 0.185. The number of rotatable bonds is 4. The van der Waals surface area contributed by atoms with Gasteiger partial charge in [0, 0.05) is 18.7 Å². The van der Waals surface area contributed by atoms with Crippen LogP contribution in [0.15, 0.2) is 24.3 Å². The Morgan fingerprint density at radius 1 is 1.47 bits per heavy atom. The molecule has 0 saturated carbocycles. The molecule has 0 aliphatic carbocycles. The summed E-state index contributed by atoms with van der Waals surface area (Å²) in [5, 5.41) is 9.13. The van der Waals surface area contributed by atoms with Crippen molar-refractivity contribution in [1.29, 1.82) is 0 Å². The molecule has 1 unspecified atom stereocenters. The Morgan fingerprint density at radius 3 is 2.95 bits per heavy atom. The molecule has 3 N–H and O–H groups in total. The first-order chi connectivity index (χ1) is 9.08. The molecule has 1 aromatic rings. The van der Waals surface area contributed by atoms with Gasteiger partial charge in [0.05, 0.1) is 13.2 Å². The molecule has 1 saturated heterocycles. The molecule has 2 rings (SSSR count). The molecule has 102 valence electrons. The first-order valence-corrected chi connectivity index (χ1v) is 6.01. The van der Waals surface area contributed by atoms with Gasteiger partial charge in [0.1, 0.15) is 6.04 Å². The number of carboxylic acid groups (broad SMARTS) is 1. The van der Waals surface area contributed by atoms with E-state index in [1.807, 2.05) is 11.0 Å². The number of morpholine rings is 1. The van der Waals surface area contributed by atoms with Crippen molar-refractivity contribution in [2.45, 2.75) is 12.6 Å². The molecular weight excluding hydrogens is 248 g/mol. The molecule has 0 radical (unpaired) electrons. The number of ether oxygens (including phenoxy) is 1. The van der Waals surface area contributed by atoms with Gasteiger partial charge < -0.3 is 15.6 Å². The van der Waals surface area contributed by atoms with Crippen molar-refractivity contribution in [1.82, 2.24) is 4.90 Å². The molecular formula is C13H16N2O4. The Kier molecular flexibility index (Phi) is 4.13. The first-order valence-electron chi connectivity index (χ1n) is 6.01. The van der Waals surface area contributed by atoms with E-state index in [4.69, 9.17) is 15.6 Å². The number of hydrogen-bond acceptors (Lipinski definition) is 4. The number of carbonyl (C=O) groups is 2. The number of aliphatic carboxylic acids is 1. The number of carboxylic acids is 1. The van der Waals surface area contributed by atoms with Crippen LogP contribution in [-0.4, -0.2) is 47.7 Å². The normalized spacial score (nSPS) is 20.1. The molecule has 0 spiro atoms. The topological polar surface area (TPSA) is 92.9 Å². The summed E-state index contributed by atoms with van der Waals surface area (Å²) >= 11 is 0. The van der Waals surface area contributed by atoms with Crippen molar-refractivity contribution in [3.8, 4) is 0 Å². The fourth-order valence-corrected chi connectivity index (χ4v) is 2.11. The van der Waals surface area contributed by atoms with Gasteiger partial charge in [0.25, 0.3) is 0 Å². The zero-order valence-electron chi connectivity index (χ0n) is 10.4.